The number of nitrogens with zero attached hydrogens (tertiary/aromatic N) is 1. The zero-order valence-electron chi connectivity index (χ0n) is 7.89. The van der Waals surface area contributed by atoms with E-state index in [1.54, 1.807) is 17.8 Å². The van der Waals surface area contributed by atoms with E-state index in [-0.39, 0.29) is 0 Å². The predicted molar refractivity (Wildman–Crippen MR) is 64.3 cm³/mol. The number of nitrogens with two attached hydrogens (primary N) is 1. The Labute approximate surface area is 98.2 Å². The summed E-state index contributed by atoms with van der Waals surface area (Å²) in [5, 5.41) is 1.75. The first-order valence-corrected chi connectivity index (χ1v) is 6.13. The third kappa shape index (κ3) is 3.23. The summed E-state index contributed by atoms with van der Waals surface area (Å²) in [4.78, 5) is 4.12. The van der Waals surface area contributed by atoms with E-state index in [9.17, 15) is 0 Å². The van der Waals surface area contributed by atoms with Crippen molar-refractivity contribution in [1.29, 1.82) is 0 Å². The lowest BCUT2D eigenvalue weighted by molar-refractivity contribution is 0.894. The molecule has 0 aliphatic carbocycles. The number of unbranched alkanes of at least 4 members (excludes halogenated alkanes) is 1. The van der Waals surface area contributed by atoms with Gasteiger partial charge in [-0.3, -0.25) is 0 Å². The fraction of sp³-hybridized carbons (Fsp3) is 0.444. The van der Waals surface area contributed by atoms with E-state index in [0.29, 0.717) is 15.9 Å². The number of thioether (sulfide) groups is 1. The average Bonchev–Trinajstić information content (AvgIpc) is 2.14. The first-order chi connectivity index (χ1) is 6.65. The minimum absolute atomic E-state index is 0.343. The second kappa shape index (κ2) is 5.69. The molecule has 0 unspecified atom stereocenters. The lowest BCUT2D eigenvalue weighted by atomic mass is 10.4. The van der Waals surface area contributed by atoms with Gasteiger partial charge in [-0.25, -0.2) is 4.98 Å². The van der Waals surface area contributed by atoms with Crippen molar-refractivity contribution in [2.45, 2.75) is 24.8 Å². The summed E-state index contributed by atoms with van der Waals surface area (Å²) in [5.74, 6) is 1.35. The van der Waals surface area contributed by atoms with Crippen molar-refractivity contribution >= 4 is 40.8 Å². The highest BCUT2D eigenvalue weighted by Gasteiger charge is 2.06. The van der Waals surface area contributed by atoms with Crippen molar-refractivity contribution in [2.75, 3.05) is 11.5 Å². The molecule has 0 radical (unpaired) electrons. The van der Waals surface area contributed by atoms with E-state index < -0.39 is 0 Å². The molecule has 0 saturated heterocycles. The van der Waals surface area contributed by atoms with Crippen LogP contribution in [0.1, 0.15) is 19.8 Å². The van der Waals surface area contributed by atoms with Gasteiger partial charge < -0.3 is 5.73 Å². The van der Waals surface area contributed by atoms with Crippen molar-refractivity contribution in [3.05, 3.63) is 16.1 Å². The Balaban J connectivity index is 2.72. The number of hydrogen-bond donors (Lipinski definition) is 1. The number of rotatable bonds is 4. The van der Waals surface area contributed by atoms with Crippen molar-refractivity contribution in [3.8, 4) is 0 Å². The zero-order valence-corrected chi connectivity index (χ0v) is 10.2. The Hall–Kier alpha value is -0.120. The summed E-state index contributed by atoms with van der Waals surface area (Å²) < 4.78 is 0. The van der Waals surface area contributed by atoms with E-state index >= 15 is 0 Å². The molecule has 0 aliphatic rings. The topological polar surface area (TPSA) is 38.9 Å². The van der Waals surface area contributed by atoms with Crippen LogP contribution in [0, 0.1) is 0 Å². The van der Waals surface area contributed by atoms with E-state index in [0.717, 1.165) is 23.6 Å². The van der Waals surface area contributed by atoms with Gasteiger partial charge in [0.25, 0.3) is 0 Å². The number of halogens is 2. The van der Waals surface area contributed by atoms with Gasteiger partial charge in [0.1, 0.15) is 10.8 Å². The Morgan fingerprint density at radius 1 is 1.43 bits per heavy atom. The van der Waals surface area contributed by atoms with Crippen LogP contribution in [0.25, 0.3) is 0 Å². The Bertz CT molecular complexity index is 318. The number of pyridine rings is 1. The van der Waals surface area contributed by atoms with Crippen LogP contribution in [0.3, 0.4) is 0 Å². The van der Waals surface area contributed by atoms with Crippen LogP contribution >= 0.6 is 35.0 Å². The standard InChI is InChI=1S/C9H12Cl2N2S/c1-2-3-4-14-9-7(11)5-6(10)8(12)13-9/h5H,2-4H2,1H3,(H2,12,13). The van der Waals surface area contributed by atoms with Crippen LogP contribution < -0.4 is 5.73 Å². The summed E-state index contributed by atoms with van der Waals surface area (Å²) >= 11 is 13.3. The summed E-state index contributed by atoms with van der Waals surface area (Å²) in [6, 6.07) is 1.64. The molecule has 1 rings (SSSR count). The van der Waals surface area contributed by atoms with Gasteiger partial charge >= 0.3 is 0 Å². The summed E-state index contributed by atoms with van der Waals surface area (Å²) in [5.41, 5.74) is 5.58. The van der Waals surface area contributed by atoms with Gasteiger partial charge in [0.2, 0.25) is 0 Å². The van der Waals surface area contributed by atoms with Crippen LogP contribution in [0.2, 0.25) is 10.0 Å². The highest BCUT2D eigenvalue weighted by Crippen LogP contribution is 2.30. The van der Waals surface area contributed by atoms with Crippen molar-refractivity contribution in [1.82, 2.24) is 4.98 Å². The maximum atomic E-state index is 5.96. The van der Waals surface area contributed by atoms with Gasteiger partial charge in [-0.1, -0.05) is 36.5 Å². The van der Waals surface area contributed by atoms with Crippen molar-refractivity contribution < 1.29 is 0 Å². The molecule has 0 spiro atoms. The second-order valence-corrected chi connectivity index (χ2v) is 4.74. The Morgan fingerprint density at radius 3 is 2.79 bits per heavy atom. The summed E-state index contributed by atoms with van der Waals surface area (Å²) in [7, 11) is 0. The fourth-order valence-corrected chi connectivity index (χ4v) is 2.39. The molecule has 5 heteroatoms. The lowest BCUT2D eigenvalue weighted by Crippen LogP contribution is -1.94. The molecule has 0 fully saturated rings. The first kappa shape index (κ1) is 12.0. The molecule has 2 N–H and O–H groups in total. The van der Waals surface area contributed by atoms with Gasteiger partial charge in [0.05, 0.1) is 10.0 Å². The second-order valence-electron chi connectivity index (χ2n) is 2.84. The van der Waals surface area contributed by atoms with Gasteiger partial charge in [-0.15, -0.1) is 11.8 Å². The average molecular weight is 251 g/mol. The van der Waals surface area contributed by atoms with Crippen LogP contribution in [0.15, 0.2) is 11.1 Å². The molecule has 1 aromatic heterocycles. The molecule has 1 aromatic rings. The number of aromatic nitrogens is 1. The molecular formula is C9H12Cl2N2S. The number of nitrogen functional groups attached to an aromatic ring is 1. The minimum atomic E-state index is 0.343. The minimum Gasteiger partial charge on any atom is -0.382 e. The Morgan fingerprint density at radius 2 is 2.14 bits per heavy atom. The van der Waals surface area contributed by atoms with Crippen molar-refractivity contribution in [3.63, 3.8) is 0 Å². The Kier molecular flexibility index (Phi) is 4.85. The van der Waals surface area contributed by atoms with E-state index in [2.05, 4.69) is 11.9 Å². The van der Waals surface area contributed by atoms with E-state index in [4.69, 9.17) is 28.9 Å². The quantitative estimate of drug-likeness (QED) is 0.652. The normalized spacial score (nSPS) is 10.5. The van der Waals surface area contributed by atoms with Crippen LogP contribution in [0.5, 0.6) is 0 Å². The van der Waals surface area contributed by atoms with E-state index in [1.807, 2.05) is 0 Å². The summed E-state index contributed by atoms with van der Waals surface area (Å²) in [6.07, 6.45) is 2.30. The fourth-order valence-electron chi connectivity index (χ4n) is 0.878. The van der Waals surface area contributed by atoms with Crippen molar-refractivity contribution in [2.24, 2.45) is 0 Å². The smallest absolute Gasteiger partial charge is 0.143 e. The first-order valence-electron chi connectivity index (χ1n) is 4.39. The lowest BCUT2D eigenvalue weighted by Gasteiger charge is -2.04. The molecule has 0 amide bonds. The predicted octanol–water partition coefficient (Wildman–Crippen LogP) is 3.86. The van der Waals surface area contributed by atoms with Gasteiger partial charge in [0.15, 0.2) is 0 Å². The van der Waals surface area contributed by atoms with Gasteiger partial charge in [-0.2, -0.15) is 0 Å². The zero-order chi connectivity index (χ0) is 10.6. The number of hydrogen-bond acceptors (Lipinski definition) is 3. The highest BCUT2D eigenvalue weighted by molar-refractivity contribution is 7.99. The highest BCUT2D eigenvalue weighted by atomic mass is 35.5. The number of anilines is 1. The van der Waals surface area contributed by atoms with Crippen LogP contribution in [0.4, 0.5) is 5.82 Å². The van der Waals surface area contributed by atoms with Crippen LogP contribution in [-0.4, -0.2) is 10.7 Å². The molecule has 0 atom stereocenters. The summed E-state index contributed by atoms with van der Waals surface area (Å²) in [6.45, 7) is 2.14. The molecule has 1 heterocycles. The molecule has 14 heavy (non-hydrogen) atoms. The molecule has 78 valence electrons. The van der Waals surface area contributed by atoms with E-state index in [1.165, 1.54) is 0 Å². The molecule has 2 nitrogen and oxygen atoms in total. The molecule has 0 aromatic carbocycles. The third-order valence-corrected chi connectivity index (χ3v) is 3.44. The van der Waals surface area contributed by atoms with Crippen LogP contribution in [-0.2, 0) is 0 Å². The van der Waals surface area contributed by atoms with Gasteiger partial charge in [0, 0.05) is 0 Å². The largest absolute Gasteiger partial charge is 0.382 e. The van der Waals surface area contributed by atoms with Gasteiger partial charge in [-0.05, 0) is 18.2 Å². The molecule has 0 saturated carbocycles. The molecular weight excluding hydrogens is 239 g/mol. The maximum Gasteiger partial charge on any atom is 0.143 e. The third-order valence-electron chi connectivity index (χ3n) is 1.66. The maximum absolute atomic E-state index is 5.96. The molecule has 0 aliphatic heterocycles. The SMILES string of the molecule is CCCCSc1nc(N)c(Cl)cc1Cl. The monoisotopic (exact) mass is 250 g/mol. The molecule has 0 bridgehead atoms.